The second-order valence-electron chi connectivity index (χ2n) is 8.67. The lowest BCUT2D eigenvalue weighted by atomic mass is 9.97. The minimum absolute atomic E-state index is 0.00809. The van der Waals surface area contributed by atoms with Gasteiger partial charge in [0.15, 0.2) is 0 Å². The molecule has 0 aromatic heterocycles. The molecular formula is C26H32O5. The topological polar surface area (TPSA) is 57.3 Å². The molecule has 2 aromatic rings. The molecule has 0 aliphatic carbocycles. The molecule has 0 spiro atoms. The lowest BCUT2D eigenvalue weighted by molar-refractivity contribution is -0.151. The number of hydrogen-bond donors (Lipinski definition) is 0. The lowest BCUT2D eigenvalue weighted by Crippen LogP contribution is -2.35. The first kappa shape index (κ1) is 23.2. The average Bonchev–Trinajstić information content (AvgIpc) is 3.60. The zero-order valence-corrected chi connectivity index (χ0v) is 18.5. The van der Waals surface area contributed by atoms with E-state index in [1.54, 1.807) is 0 Å². The summed E-state index contributed by atoms with van der Waals surface area (Å²) in [6.45, 7) is 7.28. The van der Waals surface area contributed by atoms with E-state index in [4.69, 9.17) is 18.9 Å². The number of rotatable bonds is 11. The Bertz CT molecular complexity index is 822. The molecule has 0 saturated carbocycles. The second-order valence-corrected chi connectivity index (χ2v) is 8.67. The van der Waals surface area contributed by atoms with Gasteiger partial charge in [0.2, 0.25) is 0 Å². The van der Waals surface area contributed by atoms with Crippen molar-refractivity contribution < 1.29 is 23.7 Å². The number of benzene rings is 2. The van der Waals surface area contributed by atoms with Gasteiger partial charge in [-0.1, -0.05) is 66.7 Å². The van der Waals surface area contributed by atoms with E-state index in [2.05, 4.69) is 0 Å². The maximum Gasteiger partial charge on any atom is 0.311 e. The summed E-state index contributed by atoms with van der Waals surface area (Å²) in [6, 6.07) is 20.1. The molecule has 2 aromatic carbocycles. The van der Waals surface area contributed by atoms with E-state index in [0.717, 1.165) is 11.1 Å². The molecule has 1 heterocycles. The number of carbonyl (C=O) groups is 1. The highest BCUT2D eigenvalue weighted by atomic mass is 16.6. The van der Waals surface area contributed by atoms with Crippen LogP contribution >= 0.6 is 0 Å². The lowest BCUT2D eigenvalue weighted by Gasteiger charge is -2.24. The molecule has 3 rings (SSSR count). The quantitative estimate of drug-likeness (QED) is 0.297. The van der Waals surface area contributed by atoms with Gasteiger partial charge in [0.1, 0.15) is 24.9 Å². The van der Waals surface area contributed by atoms with Crippen molar-refractivity contribution in [2.24, 2.45) is 5.41 Å². The first-order valence-electron chi connectivity index (χ1n) is 10.7. The Hall–Kier alpha value is -2.47. The highest BCUT2D eigenvalue weighted by Gasteiger charge is 2.39. The monoisotopic (exact) mass is 424 g/mol. The van der Waals surface area contributed by atoms with E-state index in [0.29, 0.717) is 19.8 Å². The minimum atomic E-state index is -0.528. The summed E-state index contributed by atoms with van der Waals surface area (Å²) >= 11 is 0. The van der Waals surface area contributed by atoms with E-state index >= 15 is 0 Å². The molecule has 1 aliphatic heterocycles. The van der Waals surface area contributed by atoms with Crippen molar-refractivity contribution in [1.82, 2.24) is 0 Å². The van der Waals surface area contributed by atoms with E-state index < -0.39 is 5.41 Å². The third-order valence-corrected chi connectivity index (χ3v) is 4.87. The number of epoxide rings is 1. The average molecular weight is 425 g/mol. The highest BCUT2D eigenvalue weighted by Crippen LogP contribution is 2.25. The Morgan fingerprint density at radius 2 is 1.55 bits per heavy atom. The molecule has 31 heavy (non-hydrogen) atoms. The van der Waals surface area contributed by atoms with E-state index in [9.17, 15) is 4.79 Å². The van der Waals surface area contributed by atoms with E-state index in [1.165, 1.54) is 0 Å². The SMILES string of the molecule is CC(C)(C)C(=O)OC/C=C/[C@@H](OCc1ccccc1)[C@H](OCc1ccccc1)[C@@H]1CO1. The van der Waals surface area contributed by atoms with E-state index in [1.807, 2.05) is 93.6 Å². The van der Waals surface area contributed by atoms with Crippen molar-refractivity contribution in [3.63, 3.8) is 0 Å². The number of carbonyl (C=O) groups excluding carboxylic acids is 1. The van der Waals surface area contributed by atoms with Crippen LogP contribution in [0.25, 0.3) is 0 Å². The molecule has 0 amide bonds. The van der Waals surface area contributed by atoms with Crippen LogP contribution in [0.5, 0.6) is 0 Å². The Kier molecular flexibility index (Phi) is 8.41. The zero-order chi connectivity index (χ0) is 22.1. The van der Waals surface area contributed by atoms with Crippen LogP contribution in [0.3, 0.4) is 0 Å². The third-order valence-electron chi connectivity index (χ3n) is 4.87. The molecule has 0 bridgehead atoms. The van der Waals surface area contributed by atoms with Crippen molar-refractivity contribution in [2.75, 3.05) is 13.2 Å². The van der Waals surface area contributed by atoms with Crippen LogP contribution in [-0.4, -0.2) is 37.5 Å². The Morgan fingerprint density at radius 1 is 1.00 bits per heavy atom. The summed E-state index contributed by atoms with van der Waals surface area (Å²) in [5, 5.41) is 0. The van der Waals surface area contributed by atoms with Crippen molar-refractivity contribution >= 4 is 5.97 Å². The van der Waals surface area contributed by atoms with Crippen LogP contribution in [-0.2, 0) is 37.0 Å². The van der Waals surface area contributed by atoms with Gasteiger partial charge in [0, 0.05) is 0 Å². The largest absolute Gasteiger partial charge is 0.461 e. The van der Waals surface area contributed by atoms with Gasteiger partial charge in [-0.3, -0.25) is 4.79 Å². The normalized spacial score (nSPS) is 18.0. The van der Waals surface area contributed by atoms with Crippen LogP contribution in [0.4, 0.5) is 0 Å². The molecule has 1 saturated heterocycles. The van der Waals surface area contributed by atoms with Crippen LogP contribution in [0, 0.1) is 5.41 Å². The second kappa shape index (κ2) is 11.2. The fourth-order valence-electron chi connectivity index (χ4n) is 2.98. The Morgan fingerprint density at radius 3 is 2.06 bits per heavy atom. The zero-order valence-electron chi connectivity index (χ0n) is 18.5. The van der Waals surface area contributed by atoms with Gasteiger partial charge in [-0.25, -0.2) is 0 Å². The summed E-state index contributed by atoms with van der Waals surface area (Å²) in [5.74, 6) is -0.235. The number of esters is 1. The Balaban J connectivity index is 1.64. The first-order valence-corrected chi connectivity index (χ1v) is 10.7. The first-order chi connectivity index (χ1) is 14.9. The summed E-state index contributed by atoms with van der Waals surface area (Å²) in [6.07, 6.45) is 3.14. The molecule has 166 valence electrons. The summed E-state index contributed by atoms with van der Waals surface area (Å²) in [5.41, 5.74) is 1.65. The van der Waals surface area contributed by atoms with Crippen LogP contribution < -0.4 is 0 Å². The maximum absolute atomic E-state index is 12.0. The fraction of sp³-hybridized carbons (Fsp3) is 0.423. The van der Waals surface area contributed by atoms with Gasteiger partial charge in [-0.2, -0.15) is 0 Å². The number of ether oxygens (including phenoxy) is 4. The van der Waals surface area contributed by atoms with Gasteiger partial charge in [-0.05, 0) is 38.0 Å². The molecule has 0 unspecified atom stereocenters. The predicted octanol–water partition coefficient (Wildman–Crippen LogP) is 4.70. The Labute approximate surface area is 185 Å². The molecule has 5 nitrogen and oxygen atoms in total. The van der Waals surface area contributed by atoms with Gasteiger partial charge < -0.3 is 18.9 Å². The van der Waals surface area contributed by atoms with Crippen molar-refractivity contribution in [3.05, 3.63) is 83.9 Å². The maximum atomic E-state index is 12.0. The van der Waals surface area contributed by atoms with Crippen LogP contribution in [0.2, 0.25) is 0 Å². The van der Waals surface area contributed by atoms with Gasteiger partial charge in [0.25, 0.3) is 0 Å². The highest BCUT2D eigenvalue weighted by molar-refractivity contribution is 5.75. The summed E-state index contributed by atoms with van der Waals surface area (Å²) < 4.78 is 23.4. The molecule has 1 fully saturated rings. The van der Waals surface area contributed by atoms with Crippen LogP contribution in [0.15, 0.2) is 72.8 Å². The number of hydrogen-bond acceptors (Lipinski definition) is 5. The minimum Gasteiger partial charge on any atom is -0.461 e. The molecular weight excluding hydrogens is 392 g/mol. The third kappa shape index (κ3) is 7.94. The van der Waals surface area contributed by atoms with Crippen molar-refractivity contribution in [3.8, 4) is 0 Å². The summed E-state index contributed by atoms with van der Waals surface area (Å²) in [4.78, 5) is 12.0. The molecule has 1 aliphatic rings. The molecule has 5 heteroatoms. The van der Waals surface area contributed by atoms with Crippen molar-refractivity contribution in [1.29, 1.82) is 0 Å². The van der Waals surface area contributed by atoms with Crippen molar-refractivity contribution in [2.45, 2.75) is 52.3 Å². The standard InChI is InChI=1S/C26H32O5/c1-26(2,3)25(27)28-16-10-15-22(29-17-20-11-6-4-7-12-20)24(23-19-30-23)31-18-21-13-8-5-9-14-21/h4-15,22-24H,16-19H2,1-3H3/b15-10+/t22-,23+,24+/m1/s1. The predicted molar refractivity (Wildman–Crippen MR) is 119 cm³/mol. The molecule has 0 N–H and O–H groups in total. The summed E-state index contributed by atoms with van der Waals surface area (Å²) in [7, 11) is 0. The van der Waals surface area contributed by atoms with Gasteiger partial charge in [0.05, 0.1) is 25.2 Å². The van der Waals surface area contributed by atoms with E-state index in [-0.39, 0.29) is 30.9 Å². The smallest absolute Gasteiger partial charge is 0.311 e. The molecule has 0 radical (unpaired) electrons. The molecule has 3 atom stereocenters. The fourth-order valence-corrected chi connectivity index (χ4v) is 2.98. The van der Waals surface area contributed by atoms with Crippen LogP contribution in [0.1, 0.15) is 31.9 Å². The van der Waals surface area contributed by atoms with Gasteiger partial charge in [-0.15, -0.1) is 0 Å². The van der Waals surface area contributed by atoms with Gasteiger partial charge >= 0.3 is 5.97 Å².